The van der Waals surface area contributed by atoms with Crippen molar-refractivity contribution in [1.29, 1.82) is 0 Å². The van der Waals surface area contributed by atoms with Gasteiger partial charge in [-0.2, -0.15) is 13.2 Å². The number of hydrogen-bond acceptors (Lipinski definition) is 2. The van der Waals surface area contributed by atoms with E-state index < -0.39 is 12.6 Å². The Morgan fingerprint density at radius 1 is 1.16 bits per heavy atom. The molecule has 8 heteroatoms. The lowest BCUT2D eigenvalue weighted by Gasteiger charge is -2.23. The highest BCUT2D eigenvalue weighted by atomic mass is 127. The van der Waals surface area contributed by atoms with Crippen molar-refractivity contribution in [3.05, 3.63) is 35.4 Å². The van der Waals surface area contributed by atoms with Crippen LogP contribution < -0.4 is 10.6 Å². The van der Waals surface area contributed by atoms with E-state index >= 15 is 0 Å². The fourth-order valence-corrected chi connectivity index (χ4v) is 2.06. The second-order valence-corrected chi connectivity index (χ2v) is 6.00. The van der Waals surface area contributed by atoms with Crippen LogP contribution in [-0.4, -0.2) is 43.7 Å². The first-order valence-electron chi connectivity index (χ1n) is 8.01. The molecule has 0 saturated heterocycles. The van der Waals surface area contributed by atoms with Crippen LogP contribution in [0, 0.1) is 0 Å². The zero-order valence-corrected chi connectivity index (χ0v) is 17.5. The summed E-state index contributed by atoms with van der Waals surface area (Å²) in [5.74, 6) is 0.367. The van der Waals surface area contributed by atoms with Gasteiger partial charge in [-0.3, -0.25) is 9.89 Å². The molecule has 0 aromatic heterocycles. The number of aliphatic imine (C=N–C) groups is 1. The fourth-order valence-electron chi connectivity index (χ4n) is 2.06. The molecule has 0 unspecified atom stereocenters. The Labute approximate surface area is 165 Å². The molecular formula is C17H28F3IN4. The highest BCUT2D eigenvalue weighted by Gasteiger charge is 2.26. The molecule has 144 valence electrons. The molecule has 1 rings (SSSR count). The zero-order chi connectivity index (χ0) is 18.2. The van der Waals surface area contributed by atoms with Gasteiger partial charge in [-0.25, -0.2) is 0 Å². The Morgan fingerprint density at radius 3 is 2.28 bits per heavy atom. The van der Waals surface area contributed by atoms with E-state index in [1.165, 1.54) is 5.56 Å². The van der Waals surface area contributed by atoms with Gasteiger partial charge in [0.05, 0.1) is 6.42 Å². The summed E-state index contributed by atoms with van der Waals surface area (Å²) in [5.41, 5.74) is 2.29. The molecule has 25 heavy (non-hydrogen) atoms. The number of guanidine groups is 1. The smallest absolute Gasteiger partial charge is 0.356 e. The number of hydrogen-bond donors (Lipinski definition) is 2. The van der Waals surface area contributed by atoms with E-state index in [4.69, 9.17) is 0 Å². The van der Waals surface area contributed by atoms with Crippen LogP contribution in [-0.2, 0) is 13.1 Å². The lowest BCUT2D eigenvalue weighted by Crippen LogP contribution is -2.38. The lowest BCUT2D eigenvalue weighted by molar-refractivity contribution is -0.132. The van der Waals surface area contributed by atoms with Gasteiger partial charge < -0.3 is 10.6 Å². The second-order valence-electron chi connectivity index (χ2n) is 6.00. The topological polar surface area (TPSA) is 39.7 Å². The summed E-state index contributed by atoms with van der Waals surface area (Å²) in [7, 11) is 3.61. The zero-order valence-electron chi connectivity index (χ0n) is 15.2. The largest absolute Gasteiger partial charge is 0.390 e. The van der Waals surface area contributed by atoms with E-state index in [1.807, 2.05) is 18.2 Å². The minimum Gasteiger partial charge on any atom is -0.356 e. The first kappa shape index (κ1) is 24.0. The molecule has 0 radical (unpaired) electrons. The first-order valence-corrected chi connectivity index (χ1v) is 8.01. The van der Waals surface area contributed by atoms with Crippen LogP contribution in [0.15, 0.2) is 29.3 Å². The number of benzene rings is 1. The van der Waals surface area contributed by atoms with E-state index in [9.17, 15) is 13.2 Å². The number of halogens is 4. The Kier molecular flexibility index (Phi) is 11.1. The Hall–Kier alpha value is -1.03. The third-order valence-corrected chi connectivity index (χ3v) is 3.79. The van der Waals surface area contributed by atoms with E-state index in [0.717, 1.165) is 12.1 Å². The molecule has 0 fully saturated rings. The van der Waals surface area contributed by atoms with Crippen LogP contribution >= 0.6 is 24.0 Å². The minimum absolute atomic E-state index is 0. The quantitative estimate of drug-likeness (QED) is 0.361. The maximum Gasteiger partial charge on any atom is 0.390 e. The van der Waals surface area contributed by atoms with Gasteiger partial charge in [0.1, 0.15) is 0 Å². The van der Waals surface area contributed by atoms with Gasteiger partial charge in [0.15, 0.2) is 5.96 Å². The molecule has 4 nitrogen and oxygen atoms in total. The van der Waals surface area contributed by atoms with Crippen molar-refractivity contribution in [2.24, 2.45) is 4.99 Å². The van der Waals surface area contributed by atoms with E-state index in [1.54, 1.807) is 7.05 Å². The van der Waals surface area contributed by atoms with Crippen molar-refractivity contribution in [3.8, 4) is 0 Å². The van der Waals surface area contributed by atoms with Crippen molar-refractivity contribution in [2.45, 2.75) is 45.6 Å². The highest BCUT2D eigenvalue weighted by Crippen LogP contribution is 2.18. The number of alkyl halides is 3. The monoisotopic (exact) mass is 472 g/mol. The molecule has 0 aliphatic carbocycles. The van der Waals surface area contributed by atoms with Gasteiger partial charge >= 0.3 is 6.18 Å². The molecule has 0 spiro atoms. The molecule has 1 aromatic carbocycles. The molecule has 0 bridgehead atoms. The molecule has 0 aliphatic rings. The summed E-state index contributed by atoms with van der Waals surface area (Å²) in [6, 6.07) is 8.46. The van der Waals surface area contributed by atoms with Gasteiger partial charge in [-0.05, 0) is 32.0 Å². The predicted molar refractivity (Wildman–Crippen MR) is 107 cm³/mol. The van der Waals surface area contributed by atoms with Gasteiger partial charge in [0.2, 0.25) is 0 Å². The summed E-state index contributed by atoms with van der Waals surface area (Å²) in [5, 5.41) is 5.75. The Balaban J connectivity index is 0.00000576. The fraction of sp³-hybridized carbons (Fsp3) is 0.588. The first-order chi connectivity index (χ1) is 11.2. The maximum atomic E-state index is 12.2. The summed E-state index contributed by atoms with van der Waals surface area (Å²) in [6.07, 6.45) is -5.05. The molecule has 1 aromatic rings. The Morgan fingerprint density at radius 2 is 1.76 bits per heavy atom. The predicted octanol–water partition coefficient (Wildman–Crippen LogP) is 3.76. The molecule has 0 atom stereocenters. The number of rotatable bonds is 7. The van der Waals surface area contributed by atoms with Crippen LogP contribution in [0.3, 0.4) is 0 Å². The van der Waals surface area contributed by atoms with Crippen molar-refractivity contribution < 1.29 is 13.2 Å². The molecular weight excluding hydrogens is 444 g/mol. The van der Waals surface area contributed by atoms with Crippen LogP contribution in [0.4, 0.5) is 13.2 Å². The van der Waals surface area contributed by atoms with E-state index in [-0.39, 0.29) is 30.5 Å². The van der Waals surface area contributed by atoms with Gasteiger partial charge in [0.25, 0.3) is 0 Å². The minimum atomic E-state index is -4.17. The molecule has 2 N–H and O–H groups in total. The van der Waals surface area contributed by atoms with Crippen molar-refractivity contribution in [2.75, 3.05) is 20.6 Å². The maximum absolute atomic E-state index is 12.2. The van der Waals surface area contributed by atoms with Crippen LogP contribution in [0.25, 0.3) is 0 Å². The molecule has 0 aliphatic heterocycles. The molecule has 0 heterocycles. The van der Waals surface area contributed by atoms with Crippen molar-refractivity contribution in [1.82, 2.24) is 15.5 Å². The SMILES string of the molecule is CN=C(NCCC(F)(F)F)NCc1ccccc1CN(C)C(C)C.I. The molecule has 0 amide bonds. The van der Waals surface area contributed by atoms with Crippen LogP contribution in [0.2, 0.25) is 0 Å². The van der Waals surface area contributed by atoms with Gasteiger partial charge in [-0.15, -0.1) is 24.0 Å². The average Bonchev–Trinajstić information content (AvgIpc) is 2.50. The van der Waals surface area contributed by atoms with E-state index in [0.29, 0.717) is 18.5 Å². The van der Waals surface area contributed by atoms with Crippen molar-refractivity contribution in [3.63, 3.8) is 0 Å². The summed E-state index contributed by atoms with van der Waals surface area (Å²) >= 11 is 0. The Bertz CT molecular complexity index is 533. The van der Waals surface area contributed by atoms with Gasteiger partial charge in [-0.1, -0.05) is 24.3 Å². The van der Waals surface area contributed by atoms with Crippen LogP contribution in [0.5, 0.6) is 0 Å². The number of nitrogens with one attached hydrogen (secondary N) is 2. The van der Waals surface area contributed by atoms with E-state index in [2.05, 4.69) is 47.5 Å². The lowest BCUT2D eigenvalue weighted by atomic mass is 10.1. The normalized spacial score (nSPS) is 12.3. The third kappa shape index (κ3) is 9.88. The van der Waals surface area contributed by atoms with Gasteiger partial charge in [0, 0.05) is 32.7 Å². The van der Waals surface area contributed by atoms with Crippen LogP contribution in [0.1, 0.15) is 31.4 Å². The van der Waals surface area contributed by atoms with Crippen molar-refractivity contribution >= 4 is 29.9 Å². The summed E-state index contributed by atoms with van der Waals surface area (Å²) < 4.78 is 36.6. The summed E-state index contributed by atoms with van der Waals surface area (Å²) in [6.45, 7) is 5.39. The third-order valence-electron chi connectivity index (χ3n) is 3.79. The number of nitrogens with zero attached hydrogens (tertiary/aromatic N) is 2. The standard InChI is InChI=1S/C17H27F3N4.HI/c1-13(2)24(4)12-15-8-6-5-7-14(15)11-23-16(21-3)22-10-9-17(18,19)20;/h5-8,13H,9-12H2,1-4H3,(H2,21,22,23);1H. The second kappa shape index (κ2) is 11.6. The summed E-state index contributed by atoms with van der Waals surface area (Å²) in [4.78, 5) is 6.19. The average molecular weight is 472 g/mol. The highest BCUT2D eigenvalue weighted by molar-refractivity contribution is 14.0. The molecule has 0 saturated carbocycles.